The molecule has 0 bridgehead atoms. The van der Waals surface area contributed by atoms with Gasteiger partial charge in [-0.2, -0.15) is 0 Å². The smallest absolute Gasteiger partial charge is 0.0326 e. The van der Waals surface area contributed by atoms with Crippen molar-refractivity contribution in [3.63, 3.8) is 0 Å². The summed E-state index contributed by atoms with van der Waals surface area (Å²) in [7, 11) is 2.03. The van der Waals surface area contributed by atoms with Crippen molar-refractivity contribution in [2.75, 3.05) is 7.05 Å². The predicted molar refractivity (Wildman–Crippen MR) is 79.8 cm³/mol. The van der Waals surface area contributed by atoms with E-state index in [0.29, 0.717) is 6.04 Å². The zero-order valence-electron chi connectivity index (χ0n) is 11.2. The second-order valence-corrected chi connectivity index (χ2v) is 4.91. The quantitative estimate of drug-likeness (QED) is 0.760. The lowest BCUT2D eigenvalue weighted by atomic mass is 9.95. The van der Waals surface area contributed by atoms with Crippen LogP contribution in [0.1, 0.15) is 31.4 Å². The fraction of sp³-hybridized carbons (Fsp3) is 0.294. The highest BCUT2D eigenvalue weighted by Gasteiger charge is 2.11. The van der Waals surface area contributed by atoms with Crippen molar-refractivity contribution in [3.8, 4) is 0 Å². The Kier molecular flexibility index (Phi) is 4.16. The van der Waals surface area contributed by atoms with Crippen LogP contribution in [-0.2, 0) is 0 Å². The summed E-state index contributed by atoms with van der Waals surface area (Å²) in [6, 6.07) is 15.5. The maximum Gasteiger partial charge on any atom is 0.0326 e. The molecule has 2 aromatic rings. The minimum absolute atomic E-state index is 0.396. The highest BCUT2D eigenvalue weighted by molar-refractivity contribution is 5.86. The summed E-state index contributed by atoms with van der Waals surface area (Å²) in [6.45, 7) is 6.08. The number of hydrogen-bond donors (Lipinski definition) is 1. The molecular formula is C17H21N. The van der Waals surface area contributed by atoms with Crippen molar-refractivity contribution in [3.05, 3.63) is 60.2 Å². The molecule has 1 N–H and O–H groups in total. The van der Waals surface area contributed by atoms with Crippen LogP contribution in [0.3, 0.4) is 0 Å². The first-order valence-electron chi connectivity index (χ1n) is 6.51. The molecule has 2 rings (SSSR count). The molecular weight excluding hydrogens is 218 g/mol. The van der Waals surface area contributed by atoms with Crippen LogP contribution < -0.4 is 5.32 Å². The molecule has 1 heteroatoms. The van der Waals surface area contributed by atoms with Gasteiger partial charge >= 0.3 is 0 Å². The zero-order chi connectivity index (χ0) is 13.0. The molecule has 1 unspecified atom stereocenters. The highest BCUT2D eigenvalue weighted by Crippen LogP contribution is 2.27. The number of hydrogen-bond acceptors (Lipinski definition) is 1. The lowest BCUT2D eigenvalue weighted by Gasteiger charge is -2.18. The van der Waals surface area contributed by atoms with Gasteiger partial charge in [-0.1, -0.05) is 48.0 Å². The maximum atomic E-state index is 3.99. The van der Waals surface area contributed by atoms with Gasteiger partial charge in [-0.05, 0) is 43.1 Å². The van der Waals surface area contributed by atoms with Crippen molar-refractivity contribution < 1.29 is 0 Å². The van der Waals surface area contributed by atoms with Gasteiger partial charge in [0.25, 0.3) is 0 Å². The summed E-state index contributed by atoms with van der Waals surface area (Å²) in [5, 5.41) is 6.08. The van der Waals surface area contributed by atoms with Gasteiger partial charge in [-0.25, -0.2) is 0 Å². The third kappa shape index (κ3) is 2.80. The third-order valence-electron chi connectivity index (χ3n) is 3.41. The Balaban J connectivity index is 2.35. The second kappa shape index (κ2) is 5.83. The van der Waals surface area contributed by atoms with E-state index in [2.05, 4.69) is 61.3 Å². The van der Waals surface area contributed by atoms with E-state index in [9.17, 15) is 0 Å². The van der Waals surface area contributed by atoms with Crippen LogP contribution in [-0.4, -0.2) is 7.05 Å². The molecule has 0 saturated carbocycles. The van der Waals surface area contributed by atoms with E-state index < -0.39 is 0 Å². The van der Waals surface area contributed by atoms with Crippen LogP contribution >= 0.6 is 0 Å². The summed E-state index contributed by atoms with van der Waals surface area (Å²) in [5.41, 5.74) is 2.63. The molecule has 0 heterocycles. The minimum atomic E-state index is 0.396. The van der Waals surface area contributed by atoms with Crippen LogP contribution in [0.2, 0.25) is 0 Å². The fourth-order valence-corrected chi connectivity index (χ4v) is 2.40. The number of benzene rings is 2. The molecule has 0 aliphatic rings. The number of nitrogens with one attached hydrogen (secondary N) is 1. The van der Waals surface area contributed by atoms with E-state index >= 15 is 0 Å². The summed E-state index contributed by atoms with van der Waals surface area (Å²) in [4.78, 5) is 0. The molecule has 1 atom stereocenters. The molecule has 94 valence electrons. The summed E-state index contributed by atoms with van der Waals surface area (Å²) >= 11 is 0. The molecule has 0 aliphatic carbocycles. The molecule has 0 aliphatic heterocycles. The monoisotopic (exact) mass is 239 g/mol. The van der Waals surface area contributed by atoms with Crippen LogP contribution in [0, 0.1) is 0 Å². The van der Waals surface area contributed by atoms with E-state index in [1.165, 1.54) is 21.9 Å². The van der Waals surface area contributed by atoms with Crippen LogP contribution in [0.5, 0.6) is 0 Å². The van der Waals surface area contributed by atoms with Crippen LogP contribution in [0.4, 0.5) is 0 Å². The molecule has 1 nitrogen and oxygen atoms in total. The Morgan fingerprint density at radius 1 is 1.17 bits per heavy atom. The highest BCUT2D eigenvalue weighted by atomic mass is 14.9. The van der Waals surface area contributed by atoms with E-state index in [4.69, 9.17) is 0 Å². The standard InChI is InChI=1S/C17H21N/c1-13(2)11-12-17(18-3)16-10-6-8-14-7-4-5-9-15(14)16/h4-10,17-18H,1,11-12H2,2-3H3. The molecule has 2 aromatic carbocycles. The predicted octanol–water partition coefficient (Wildman–Crippen LogP) is 4.46. The molecule has 0 amide bonds. The SMILES string of the molecule is C=C(C)CCC(NC)c1cccc2ccccc12. The number of fused-ring (bicyclic) bond motifs is 1. The lowest BCUT2D eigenvalue weighted by molar-refractivity contribution is 0.552. The van der Waals surface area contributed by atoms with Crippen molar-refractivity contribution in [2.24, 2.45) is 0 Å². The van der Waals surface area contributed by atoms with Gasteiger partial charge in [0.15, 0.2) is 0 Å². The first kappa shape index (κ1) is 12.8. The summed E-state index contributed by atoms with van der Waals surface area (Å²) in [6.07, 6.45) is 2.16. The minimum Gasteiger partial charge on any atom is -0.313 e. The Hall–Kier alpha value is -1.60. The van der Waals surface area contributed by atoms with Crippen molar-refractivity contribution in [2.45, 2.75) is 25.8 Å². The normalized spacial score (nSPS) is 12.6. The van der Waals surface area contributed by atoms with Gasteiger partial charge in [0.2, 0.25) is 0 Å². The Morgan fingerprint density at radius 2 is 1.89 bits per heavy atom. The molecule has 18 heavy (non-hydrogen) atoms. The van der Waals surface area contributed by atoms with E-state index in [1.54, 1.807) is 0 Å². The molecule has 0 fully saturated rings. The lowest BCUT2D eigenvalue weighted by Crippen LogP contribution is -2.16. The average molecular weight is 239 g/mol. The van der Waals surface area contributed by atoms with Crippen LogP contribution in [0.15, 0.2) is 54.6 Å². The second-order valence-electron chi connectivity index (χ2n) is 4.91. The van der Waals surface area contributed by atoms with Crippen molar-refractivity contribution in [1.82, 2.24) is 5.32 Å². The number of rotatable bonds is 5. The van der Waals surface area contributed by atoms with Gasteiger partial charge in [0, 0.05) is 6.04 Å². The summed E-state index contributed by atoms with van der Waals surface area (Å²) in [5.74, 6) is 0. The van der Waals surface area contributed by atoms with Gasteiger partial charge in [-0.3, -0.25) is 0 Å². The van der Waals surface area contributed by atoms with Crippen LogP contribution in [0.25, 0.3) is 10.8 Å². The van der Waals surface area contributed by atoms with Gasteiger partial charge in [0.1, 0.15) is 0 Å². The maximum absolute atomic E-state index is 3.99. The van der Waals surface area contributed by atoms with Gasteiger partial charge < -0.3 is 5.32 Å². The average Bonchev–Trinajstić information content (AvgIpc) is 2.39. The third-order valence-corrected chi connectivity index (χ3v) is 3.41. The molecule has 0 saturated heterocycles. The van der Waals surface area contributed by atoms with Gasteiger partial charge in [-0.15, -0.1) is 6.58 Å². The Morgan fingerprint density at radius 3 is 2.61 bits per heavy atom. The van der Waals surface area contributed by atoms with Gasteiger partial charge in [0.05, 0.1) is 0 Å². The van der Waals surface area contributed by atoms with E-state index in [0.717, 1.165) is 12.8 Å². The fourth-order valence-electron chi connectivity index (χ4n) is 2.40. The van der Waals surface area contributed by atoms with Crippen molar-refractivity contribution >= 4 is 10.8 Å². The topological polar surface area (TPSA) is 12.0 Å². The molecule has 0 radical (unpaired) electrons. The largest absolute Gasteiger partial charge is 0.313 e. The Labute approximate surface area is 110 Å². The number of allylic oxidation sites excluding steroid dienone is 1. The van der Waals surface area contributed by atoms with E-state index in [-0.39, 0.29) is 0 Å². The zero-order valence-corrected chi connectivity index (χ0v) is 11.2. The Bertz CT molecular complexity index is 537. The van der Waals surface area contributed by atoms with E-state index in [1.807, 2.05) is 7.05 Å². The van der Waals surface area contributed by atoms with Crippen molar-refractivity contribution in [1.29, 1.82) is 0 Å². The summed E-state index contributed by atoms with van der Waals surface area (Å²) < 4.78 is 0. The first-order chi connectivity index (χ1) is 8.72. The molecule has 0 aromatic heterocycles. The molecule has 0 spiro atoms. The first-order valence-corrected chi connectivity index (χ1v) is 6.51.